The maximum atomic E-state index is 4.14. The van der Waals surface area contributed by atoms with Crippen LogP contribution in [0.1, 0.15) is 20.3 Å². The molecule has 0 spiro atoms. The SMILES string of the molecule is C/C=C(\C=C/CC)n1cccn1. The Morgan fingerprint density at radius 2 is 2.42 bits per heavy atom. The summed E-state index contributed by atoms with van der Waals surface area (Å²) in [5.41, 5.74) is 1.11. The highest BCUT2D eigenvalue weighted by Gasteiger charge is 1.91. The molecule has 0 unspecified atom stereocenters. The highest BCUT2D eigenvalue weighted by Crippen LogP contribution is 2.04. The molecule has 0 aliphatic rings. The Hall–Kier alpha value is -1.31. The summed E-state index contributed by atoms with van der Waals surface area (Å²) in [7, 11) is 0. The van der Waals surface area contributed by atoms with Crippen molar-refractivity contribution in [3.05, 3.63) is 36.7 Å². The van der Waals surface area contributed by atoms with Crippen molar-refractivity contribution in [3.8, 4) is 0 Å². The number of hydrogen-bond acceptors (Lipinski definition) is 1. The van der Waals surface area contributed by atoms with E-state index in [1.807, 2.05) is 29.9 Å². The minimum atomic E-state index is 1.05. The van der Waals surface area contributed by atoms with Crippen LogP contribution >= 0.6 is 0 Å². The summed E-state index contributed by atoms with van der Waals surface area (Å²) in [6.45, 7) is 4.13. The van der Waals surface area contributed by atoms with E-state index in [0.29, 0.717) is 0 Å². The van der Waals surface area contributed by atoms with Crippen LogP contribution in [0.4, 0.5) is 0 Å². The fraction of sp³-hybridized carbons (Fsp3) is 0.300. The van der Waals surface area contributed by atoms with Gasteiger partial charge in [-0.3, -0.25) is 0 Å². The molecule has 1 aromatic heterocycles. The van der Waals surface area contributed by atoms with Gasteiger partial charge in [0.25, 0.3) is 0 Å². The fourth-order valence-electron chi connectivity index (χ4n) is 0.965. The topological polar surface area (TPSA) is 17.8 Å². The van der Waals surface area contributed by atoms with E-state index < -0.39 is 0 Å². The van der Waals surface area contributed by atoms with Crippen LogP contribution in [0.2, 0.25) is 0 Å². The van der Waals surface area contributed by atoms with Gasteiger partial charge in [0.05, 0.1) is 5.70 Å². The summed E-state index contributed by atoms with van der Waals surface area (Å²) in [6, 6.07) is 1.92. The van der Waals surface area contributed by atoms with Crippen molar-refractivity contribution < 1.29 is 0 Å². The molecule has 12 heavy (non-hydrogen) atoms. The van der Waals surface area contributed by atoms with Crippen LogP contribution in [-0.4, -0.2) is 9.78 Å². The lowest BCUT2D eigenvalue weighted by Crippen LogP contribution is -1.93. The summed E-state index contributed by atoms with van der Waals surface area (Å²) in [4.78, 5) is 0. The standard InChI is InChI=1S/C10H14N2/c1-3-5-7-10(4-2)12-9-6-8-11-12/h4-9H,3H2,1-2H3/b7-5-,10-4+. The van der Waals surface area contributed by atoms with E-state index in [1.54, 1.807) is 6.20 Å². The van der Waals surface area contributed by atoms with Crippen LogP contribution in [0.15, 0.2) is 36.7 Å². The van der Waals surface area contributed by atoms with Gasteiger partial charge in [-0.05, 0) is 25.5 Å². The Balaban J connectivity index is 2.78. The van der Waals surface area contributed by atoms with Crippen molar-refractivity contribution in [1.29, 1.82) is 0 Å². The molecule has 1 rings (SSSR count). The normalized spacial score (nSPS) is 12.7. The number of rotatable bonds is 3. The lowest BCUT2D eigenvalue weighted by molar-refractivity contribution is 0.907. The van der Waals surface area contributed by atoms with Crippen LogP contribution in [0.25, 0.3) is 5.70 Å². The van der Waals surface area contributed by atoms with Gasteiger partial charge in [-0.2, -0.15) is 5.10 Å². The van der Waals surface area contributed by atoms with E-state index >= 15 is 0 Å². The third kappa shape index (κ3) is 2.09. The van der Waals surface area contributed by atoms with E-state index in [1.165, 1.54) is 0 Å². The van der Waals surface area contributed by atoms with Gasteiger partial charge in [0, 0.05) is 12.4 Å². The lowest BCUT2D eigenvalue weighted by atomic mass is 10.3. The van der Waals surface area contributed by atoms with Crippen LogP contribution in [0, 0.1) is 0 Å². The van der Waals surface area contributed by atoms with Crippen molar-refractivity contribution >= 4 is 5.70 Å². The average molecular weight is 162 g/mol. The number of hydrogen-bond donors (Lipinski definition) is 0. The molecule has 1 heterocycles. The van der Waals surface area contributed by atoms with Crippen molar-refractivity contribution in [2.75, 3.05) is 0 Å². The van der Waals surface area contributed by atoms with E-state index in [0.717, 1.165) is 12.1 Å². The largest absolute Gasteiger partial charge is 0.241 e. The van der Waals surface area contributed by atoms with Crippen LogP contribution in [0.3, 0.4) is 0 Å². The Bertz CT molecular complexity index is 268. The molecule has 64 valence electrons. The Labute approximate surface area is 73.2 Å². The first-order valence-corrected chi connectivity index (χ1v) is 4.21. The molecule has 0 amide bonds. The second kappa shape index (κ2) is 4.54. The number of nitrogens with zero attached hydrogens (tertiary/aromatic N) is 2. The van der Waals surface area contributed by atoms with E-state index in [4.69, 9.17) is 0 Å². The third-order valence-corrected chi connectivity index (χ3v) is 1.59. The summed E-state index contributed by atoms with van der Waals surface area (Å²) in [6.07, 6.45) is 11.0. The molecular weight excluding hydrogens is 148 g/mol. The second-order valence-electron chi connectivity index (χ2n) is 2.47. The average Bonchev–Trinajstić information content (AvgIpc) is 2.59. The number of aromatic nitrogens is 2. The summed E-state index contributed by atoms with van der Waals surface area (Å²) >= 11 is 0. The van der Waals surface area contributed by atoms with E-state index in [2.05, 4.69) is 24.2 Å². The zero-order valence-electron chi connectivity index (χ0n) is 7.57. The quantitative estimate of drug-likeness (QED) is 0.625. The maximum Gasteiger partial charge on any atom is 0.0599 e. The summed E-state index contributed by atoms with van der Waals surface area (Å²) in [5, 5.41) is 4.14. The molecule has 0 radical (unpaired) electrons. The molecule has 1 aromatic rings. The third-order valence-electron chi connectivity index (χ3n) is 1.59. The smallest absolute Gasteiger partial charge is 0.0599 e. The maximum absolute atomic E-state index is 4.14. The Morgan fingerprint density at radius 1 is 1.58 bits per heavy atom. The highest BCUT2D eigenvalue weighted by atomic mass is 15.3. The van der Waals surface area contributed by atoms with Crippen molar-refractivity contribution in [1.82, 2.24) is 9.78 Å². The molecule has 0 fully saturated rings. The van der Waals surface area contributed by atoms with Crippen molar-refractivity contribution in [2.45, 2.75) is 20.3 Å². The van der Waals surface area contributed by atoms with Gasteiger partial charge < -0.3 is 0 Å². The van der Waals surface area contributed by atoms with Gasteiger partial charge in [0.15, 0.2) is 0 Å². The molecule has 0 saturated carbocycles. The van der Waals surface area contributed by atoms with Crippen LogP contribution < -0.4 is 0 Å². The van der Waals surface area contributed by atoms with E-state index in [-0.39, 0.29) is 0 Å². The van der Waals surface area contributed by atoms with Crippen molar-refractivity contribution in [2.24, 2.45) is 0 Å². The van der Waals surface area contributed by atoms with Gasteiger partial charge in [-0.1, -0.05) is 19.1 Å². The van der Waals surface area contributed by atoms with Gasteiger partial charge in [-0.25, -0.2) is 4.68 Å². The molecular formula is C10H14N2. The summed E-state index contributed by atoms with van der Waals surface area (Å²) in [5.74, 6) is 0. The Morgan fingerprint density at radius 3 is 2.92 bits per heavy atom. The molecule has 2 heteroatoms. The molecule has 0 aromatic carbocycles. The second-order valence-corrected chi connectivity index (χ2v) is 2.47. The van der Waals surface area contributed by atoms with Crippen LogP contribution in [0.5, 0.6) is 0 Å². The van der Waals surface area contributed by atoms with Gasteiger partial charge in [0.1, 0.15) is 0 Å². The molecule has 0 aliphatic carbocycles. The molecule has 0 saturated heterocycles. The monoisotopic (exact) mass is 162 g/mol. The molecule has 2 nitrogen and oxygen atoms in total. The summed E-state index contributed by atoms with van der Waals surface area (Å²) < 4.78 is 1.85. The number of allylic oxidation sites excluding steroid dienone is 4. The predicted octanol–water partition coefficient (Wildman–Crippen LogP) is 2.71. The van der Waals surface area contributed by atoms with Gasteiger partial charge in [0.2, 0.25) is 0 Å². The minimum Gasteiger partial charge on any atom is -0.241 e. The molecule has 0 N–H and O–H groups in total. The zero-order valence-corrected chi connectivity index (χ0v) is 7.57. The first kappa shape index (κ1) is 8.78. The highest BCUT2D eigenvalue weighted by molar-refractivity contribution is 5.55. The predicted molar refractivity (Wildman–Crippen MR) is 51.6 cm³/mol. The van der Waals surface area contributed by atoms with E-state index in [9.17, 15) is 0 Å². The lowest BCUT2D eigenvalue weighted by Gasteiger charge is -1.99. The molecule has 0 atom stereocenters. The first-order chi connectivity index (χ1) is 5.88. The fourth-order valence-corrected chi connectivity index (χ4v) is 0.965. The molecule has 0 bridgehead atoms. The van der Waals surface area contributed by atoms with Crippen LogP contribution in [-0.2, 0) is 0 Å². The van der Waals surface area contributed by atoms with Gasteiger partial charge in [-0.15, -0.1) is 0 Å². The Kier molecular flexibility index (Phi) is 3.33. The molecule has 0 aliphatic heterocycles. The zero-order chi connectivity index (χ0) is 8.81. The minimum absolute atomic E-state index is 1.05. The first-order valence-electron chi connectivity index (χ1n) is 4.21. The van der Waals surface area contributed by atoms with Crippen molar-refractivity contribution in [3.63, 3.8) is 0 Å². The van der Waals surface area contributed by atoms with Gasteiger partial charge >= 0.3 is 0 Å².